The van der Waals surface area contributed by atoms with E-state index < -0.39 is 10.8 Å². The lowest BCUT2D eigenvalue weighted by molar-refractivity contribution is -0.383. The van der Waals surface area contributed by atoms with Gasteiger partial charge in [0.2, 0.25) is 11.1 Å². The summed E-state index contributed by atoms with van der Waals surface area (Å²) in [6.07, 6.45) is 0. The smallest absolute Gasteiger partial charge is 0.294 e. The molecule has 3 rings (SSSR count). The van der Waals surface area contributed by atoms with E-state index in [1.165, 1.54) is 18.2 Å². The molecule has 0 spiro atoms. The van der Waals surface area contributed by atoms with Gasteiger partial charge in [-0.15, -0.1) is 5.10 Å². The van der Waals surface area contributed by atoms with Crippen LogP contribution in [0.15, 0.2) is 29.4 Å². The second-order valence-electron chi connectivity index (χ2n) is 5.40. The molecule has 11 heteroatoms. The predicted octanol–water partition coefficient (Wildman–Crippen LogP) is 3.03. The number of nitro groups is 1. The van der Waals surface area contributed by atoms with Crippen LogP contribution in [-0.2, 0) is 4.79 Å². The van der Waals surface area contributed by atoms with Gasteiger partial charge in [-0.3, -0.25) is 14.9 Å². The maximum absolute atomic E-state index is 12.1. The van der Waals surface area contributed by atoms with Crippen molar-refractivity contribution < 1.29 is 9.72 Å². The van der Waals surface area contributed by atoms with Crippen molar-refractivity contribution in [2.24, 2.45) is 0 Å². The molecule has 1 amide bonds. The molecule has 1 aromatic carbocycles. The summed E-state index contributed by atoms with van der Waals surface area (Å²) in [6, 6.07) is 5.92. The van der Waals surface area contributed by atoms with Crippen molar-refractivity contribution in [2.45, 2.75) is 19.0 Å². The summed E-state index contributed by atoms with van der Waals surface area (Å²) in [5.74, 6) is 0.0354. The van der Waals surface area contributed by atoms with E-state index in [1.807, 2.05) is 19.9 Å². The molecule has 134 valence electrons. The summed E-state index contributed by atoms with van der Waals surface area (Å²) < 4.78 is 1.59. The largest absolute Gasteiger partial charge is 0.320 e. The molecule has 0 aliphatic heterocycles. The normalized spacial score (nSPS) is 10.9. The molecule has 2 heterocycles. The zero-order chi connectivity index (χ0) is 18.8. The molecule has 0 radical (unpaired) electrons. The van der Waals surface area contributed by atoms with Crippen LogP contribution in [0.2, 0.25) is 5.02 Å². The molecule has 26 heavy (non-hydrogen) atoms. The van der Waals surface area contributed by atoms with Crippen LogP contribution < -0.4 is 5.32 Å². The summed E-state index contributed by atoms with van der Waals surface area (Å²) in [5, 5.41) is 18.5. The van der Waals surface area contributed by atoms with Crippen LogP contribution >= 0.6 is 23.4 Å². The van der Waals surface area contributed by atoms with E-state index >= 15 is 0 Å². The van der Waals surface area contributed by atoms with E-state index in [2.05, 4.69) is 20.4 Å². The number of nitrogens with one attached hydrogen (secondary N) is 1. The SMILES string of the molecule is Cc1cc(C)n2nc(SCC(=O)Nc3ccc(Cl)cc3[N+](=O)[O-])nc2n1. The summed E-state index contributed by atoms with van der Waals surface area (Å²) in [5.41, 5.74) is 1.53. The Morgan fingerprint density at radius 1 is 1.35 bits per heavy atom. The Labute approximate surface area is 156 Å². The predicted molar refractivity (Wildman–Crippen MR) is 97.7 cm³/mol. The zero-order valence-corrected chi connectivity index (χ0v) is 15.3. The third kappa shape index (κ3) is 3.92. The molecule has 9 nitrogen and oxygen atoms in total. The van der Waals surface area contributed by atoms with Crippen LogP contribution in [0.1, 0.15) is 11.4 Å². The van der Waals surface area contributed by atoms with Crippen molar-refractivity contribution in [3.63, 3.8) is 0 Å². The molecule has 0 bridgehead atoms. The number of aromatic nitrogens is 4. The number of hydrogen-bond acceptors (Lipinski definition) is 7. The fraction of sp³-hybridized carbons (Fsp3) is 0.200. The highest BCUT2D eigenvalue weighted by molar-refractivity contribution is 7.99. The summed E-state index contributed by atoms with van der Waals surface area (Å²) >= 11 is 6.87. The number of carbonyl (C=O) groups is 1. The first kappa shape index (κ1) is 18.1. The maximum Gasteiger partial charge on any atom is 0.294 e. The number of thioether (sulfide) groups is 1. The second kappa shape index (κ2) is 7.26. The number of hydrogen-bond donors (Lipinski definition) is 1. The van der Waals surface area contributed by atoms with Gasteiger partial charge in [0.1, 0.15) is 5.69 Å². The van der Waals surface area contributed by atoms with E-state index in [0.29, 0.717) is 10.9 Å². The van der Waals surface area contributed by atoms with E-state index in [9.17, 15) is 14.9 Å². The van der Waals surface area contributed by atoms with Gasteiger partial charge in [-0.2, -0.15) is 4.98 Å². The number of halogens is 1. The lowest BCUT2D eigenvalue weighted by Crippen LogP contribution is -2.15. The number of nitrogens with zero attached hydrogens (tertiary/aromatic N) is 5. The van der Waals surface area contributed by atoms with E-state index in [0.717, 1.165) is 23.1 Å². The Bertz CT molecular complexity index is 1020. The van der Waals surface area contributed by atoms with Crippen molar-refractivity contribution in [1.29, 1.82) is 0 Å². The Hall–Kier alpha value is -2.72. The number of anilines is 1. The van der Waals surface area contributed by atoms with Crippen LogP contribution in [0.3, 0.4) is 0 Å². The summed E-state index contributed by atoms with van der Waals surface area (Å²) in [6.45, 7) is 3.75. The van der Waals surface area contributed by atoms with Crippen LogP contribution in [-0.4, -0.2) is 36.2 Å². The molecule has 3 aromatic rings. The number of rotatable bonds is 5. The Kier molecular flexibility index (Phi) is 5.05. The summed E-state index contributed by atoms with van der Waals surface area (Å²) in [7, 11) is 0. The molecule has 0 saturated heterocycles. The third-order valence-electron chi connectivity index (χ3n) is 3.36. The van der Waals surface area contributed by atoms with Crippen molar-refractivity contribution in [1.82, 2.24) is 19.6 Å². The van der Waals surface area contributed by atoms with Gasteiger partial charge in [0, 0.05) is 22.5 Å². The van der Waals surface area contributed by atoms with Gasteiger partial charge in [0.05, 0.1) is 10.7 Å². The van der Waals surface area contributed by atoms with Crippen LogP contribution in [0, 0.1) is 24.0 Å². The Morgan fingerprint density at radius 2 is 2.12 bits per heavy atom. The molecule has 1 N–H and O–H groups in total. The monoisotopic (exact) mass is 392 g/mol. The fourth-order valence-corrected chi connectivity index (χ4v) is 3.07. The van der Waals surface area contributed by atoms with Gasteiger partial charge >= 0.3 is 0 Å². The van der Waals surface area contributed by atoms with Gasteiger partial charge in [-0.25, -0.2) is 9.50 Å². The lowest BCUT2D eigenvalue weighted by Gasteiger charge is -2.05. The van der Waals surface area contributed by atoms with Gasteiger partial charge < -0.3 is 5.32 Å². The van der Waals surface area contributed by atoms with Gasteiger partial charge in [0.25, 0.3) is 11.5 Å². The fourth-order valence-electron chi connectivity index (χ4n) is 2.29. The molecule has 0 atom stereocenters. The maximum atomic E-state index is 12.1. The Morgan fingerprint density at radius 3 is 2.85 bits per heavy atom. The molecular weight excluding hydrogens is 380 g/mol. The van der Waals surface area contributed by atoms with Gasteiger partial charge in [0.15, 0.2) is 0 Å². The highest BCUT2D eigenvalue weighted by Gasteiger charge is 2.17. The number of aryl methyl sites for hydroxylation is 2. The first-order valence-electron chi connectivity index (χ1n) is 7.41. The molecule has 0 aliphatic carbocycles. The van der Waals surface area contributed by atoms with E-state index in [1.54, 1.807) is 4.52 Å². The second-order valence-corrected chi connectivity index (χ2v) is 6.78. The highest BCUT2D eigenvalue weighted by atomic mass is 35.5. The Balaban J connectivity index is 1.70. The molecule has 0 unspecified atom stereocenters. The number of fused-ring (bicyclic) bond motifs is 1. The van der Waals surface area contributed by atoms with Gasteiger partial charge in [-0.05, 0) is 32.0 Å². The topological polar surface area (TPSA) is 115 Å². The minimum atomic E-state index is -0.602. The van der Waals surface area contributed by atoms with Crippen LogP contribution in [0.25, 0.3) is 5.78 Å². The van der Waals surface area contributed by atoms with Crippen LogP contribution in [0.5, 0.6) is 0 Å². The average molecular weight is 393 g/mol. The van der Waals surface area contributed by atoms with E-state index in [-0.39, 0.29) is 22.2 Å². The van der Waals surface area contributed by atoms with Gasteiger partial charge in [-0.1, -0.05) is 23.4 Å². The van der Waals surface area contributed by atoms with E-state index in [4.69, 9.17) is 11.6 Å². The average Bonchev–Trinajstić information content (AvgIpc) is 2.97. The number of carbonyl (C=O) groups excluding carboxylic acids is 1. The molecule has 0 aliphatic rings. The number of amides is 1. The van der Waals surface area contributed by atoms with Crippen molar-refractivity contribution >= 4 is 46.4 Å². The first-order valence-corrected chi connectivity index (χ1v) is 8.77. The minimum absolute atomic E-state index is 0.00527. The molecule has 2 aromatic heterocycles. The summed E-state index contributed by atoms with van der Waals surface area (Å²) in [4.78, 5) is 31.1. The number of nitro benzene ring substituents is 1. The highest BCUT2D eigenvalue weighted by Crippen LogP contribution is 2.28. The lowest BCUT2D eigenvalue weighted by atomic mass is 10.2. The molecule has 0 fully saturated rings. The van der Waals surface area contributed by atoms with Crippen LogP contribution in [0.4, 0.5) is 11.4 Å². The first-order chi connectivity index (χ1) is 12.3. The quantitative estimate of drug-likeness (QED) is 0.403. The number of benzene rings is 1. The minimum Gasteiger partial charge on any atom is -0.320 e. The van der Waals surface area contributed by atoms with Crippen molar-refractivity contribution in [3.8, 4) is 0 Å². The molecular formula is C15H13ClN6O3S. The molecule has 0 saturated carbocycles. The standard InChI is InChI=1S/C15H13ClN6O3S/c1-8-5-9(2)21-14(17-8)19-15(20-21)26-7-13(23)18-11-4-3-10(16)6-12(11)22(24)25/h3-6H,7H2,1-2H3,(H,18,23). The van der Waals surface area contributed by atoms with Crippen molar-refractivity contribution in [3.05, 3.63) is 50.8 Å². The zero-order valence-electron chi connectivity index (χ0n) is 13.8. The third-order valence-corrected chi connectivity index (χ3v) is 4.43. The van der Waals surface area contributed by atoms with Crippen molar-refractivity contribution in [2.75, 3.05) is 11.1 Å².